The highest BCUT2D eigenvalue weighted by Crippen LogP contribution is 2.23. The maximum atomic E-state index is 12.2. The lowest BCUT2D eigenvalue weighted by molar-refractivity contribution is 0.101. The highest BCUT2D eigenvalue weighted by atomic mass is 16.3. The minimum absolute atomic E-state index is 0.180. The maximum Gasteiger partial charge on any atom is 0.229 e. The van der Waals surface area contributed by atoms with Crippen LogP contribution in [0.4, 0.5) is 0 Å². The van der Waals surface area contributed by atoms with Crippen molar-refractivity contribution in [2.45, 2.75) is 6.92 Å². The molecule has 88 valence electrons. The lowest BCUT2D eigenvalue weighted by Gasteiger charge is -1.95. The van der Waals surface area contributed by atoms with Gasteiger partial charge in [-0.2, -0.15) is 10.2 Å². The van der Waals surface area contributed by atoms with E-state index in [0.29, 0.717) is 11.3 Å². The van der Waals surface area contributed by atoms with Gasteiger partial charge in [-0.05, 0) is 24.6 Å². The van der Waals surface area contributed by atoms with E-state index in [1.165, 1.54) is 12.4 Å². The van der Waals surface area contributed by atoms with Crippen LogP contribution in [-0.2, 0) is 0 Å². The maximum absolute atomic E-state index is 12.2. The average Bonchev–Trinajstić information content (AvgIpc) is 2.84. The van der Waals surface area contributed by atoms with Crippen LogP contribution < -0.4 is 0 Å². The number of rotatable bonds is 2. The number of nitrogens with zero attached hydrogens (tertiary/aromatic N) is 2. The fourth-order valence-electron chi connectivity index (χ4n) is 1.89. The van der Waals surface area contributed by atoms with Gasteiger partial charge < -0.3 is 4.42 Å². The fraction of sp³-hybridized carbons (Fsp3) is 0.0714. The molecule has 4 heteroatoms. The van der Waals surface area contributed by atoms with Gasteiger partial charge in [0, 0.05) is 10.9 Å². The van der Waals surface area contributed by atoms with Gasteiger partial charge in [-0.15, -0.1) is 0 Å². The van der Waals surface area contributed by atoms with Crippen molar-refractivity contribution < 1.29 is 9.21 Å². The number of fused-ring (bicyclic) bond motifs is 1. The number of carbonyl (C=O) groups is 1. The minimum Gasteiger partial charge on any atom is -0.452 e. The van der Waals surface area contributed by atoms with E-state index in [0.717, 1.165) is 16.5 Å². The molecule has 0 atom stereocenters. The number of carbonyl (C=O) groups excluding carboxylic acids is 1. The number of benzene rings is 1. The molecule has 1 aromatic carbocycles. The zero-order valence-electron chi connectivity index (χ0n) is 9.75. The Morgan fingerprint density at radius 2 is 2.11 bits per heavy atom. The largest absolute Gasteiger partial charge is 0.452 e. The smallest absolute Gasteiger partial charge is 0.229 e. The number of aromatic nitrogens is 2. The van der Waals surface area contributed by atoms with Gasteiger partial charge >= 0.3 is 0 Å². The summed E-state index contributed by atoms with van der Waals surface area (Å²) >= 11 is 0. The van der Waals surface area contributed by atoms with Gasteiger partial charge in [0.2, 0.25) is 5.78 Å². The molecule has 0 radical (unpaired) electrons. The van der Waals surface area contributed by atoms with Crippen LogP contribution >= 0.6 is 0 Å². The molecule has 0 fully saturated rings. The van der Waals surface area contributed by atoms with Crippen molar-refractivity contribution >= 4 is 16.8 Å². The molecule has 4 nitrogen and oxygen atoms in total. The van der Waals surface area contributed by atoms with E-state index in [4.69, 9.17) is 4.42 Å². The number of para-hydroxylation sites is 1. The Morgan fingerprint density at radius 1 is 1.22 bits per heavy atom. The third-order valence-corrected chi connectivity index (χ3v) is 2.81. The van der Waals surface area contributed by atoms with E-state index in [2.05, 4.69) is 10.2 Å². The summed E-state index contributed by atoms with van der Waals surface area (Å²) in [5.41, 5.74) is 2.24. The summed E-state index contributed by atoms with van der Waals surface area (Å²) < 4.78 is 5.62. The zero-order chi connectivity index (χ0) is 12.5. The molecule has 0 bridgehead atoms. The van der Waals surface area contributed by atoms with E-state index < -0.39 is 0 Å². The molecular weight excluding hydrogens is 228 g/mol. The highest BCUT2D eigenvalue weighted by molar-refractivity contribution is 6.08. The van der Waals surface area contributed by atoms with Crippen molar-refractivity contribution in [3.63, 3.8) is 0 Å². The van der Waals surface area contributed by atoms with Crippen LogP contribution in [0, 0.1) is 6.92 Å². The third kappa shape index (κ3) is 1.68. The Bertz CT molecular complexity index is 717. The van der Waals surface area contributed by atoms with Crippen LogP contribution in [0.3, 0.4) is 0 Å². The quantitative estimate of drug-likeness (QED) is 0.644. The molecule has 0 saturated heterocycles. The minimum atomic E-state index is -0.180. The molecule has 0 saturated carbocycles. The summed E-state index contributed by atoms with van der Waals surface area (Å²) in [6, 6.07) is 9.19. The molecule has 0 spiro atoms. The Balaban J connectivity index is 2.10. The second-order valence-corrected chi connectivity index (χ2v) is 4.06. The van der Waals surface area contributed by atoms with E-state index in [1.807, 2.05) is 25.1 Å². The summed E-state index contributed by atoms with van der Waals surface area (Å²) in [5, 5.41) is 8.27. The van der Waals surface area contributed by atoms with Gasteiger partial charge in [0.15, 0.2) is 5.76 Å². The van der Waals surface area contributed by atoms with Crippen molar-refractivity contribution in [2.75, 3.05) is 0 Å². The van der Waals surface area contributed by atoms with Gasteiger partial charge in [0.1, 0.15) is 5.58 Å². The molecule has 3 rings (SSSR count). The van der Waals surface area contributed by atoms with E-state index in [1.54, 1.807) is 12.1 Å². The fourth-order valence-corrected chi connectivity index (χ4v) is 1.89. The van der Waals surface area contributed by atoms with Crippen molar-refractivity contribution in [2.24, 2.45) is 0 Å². The molecule has 0 aliphatic carbocycles. The van der Waals surface area contributed by atoms with Gasteiger partial charge in [-0.25, -0.2) is 0 Å². The summed E-state index contributed by atoms with van der Waals surface area (Å²) in [6.45, 7) is 1.95. The Kier molecular flexibility index (Phi) is 2.41. The van der Waals surface area contributed by atoms with E-state index in [-0.39, 0.29) is 5.78 Å². The summed E-state index contributed by atoms with van der Waals surface area (Å²) in [7, 11) is 0. The van der Waals surface area contributed by atoms with Crippen molar-refractivity contribution in [1.29, 1.82) is 0 Å². The van der Waals surface area contributed by atoms with Crippen LogP contribution in [0.25, 0.3) is 11.0 Å². The number of furan rings is 1. The molecule has 3 aromatic rings. The van der Waals surface area contributed by atoms with E-state index in [9.17, 15) is 4.79 Å². The number of aryl methyl sites for hydroxylation is 1. The van der Waals surface area contributed by atoms with Gasteiger partial charge in [-0.3, -0.25) is 4.79 Å². The van der Waals surface area contributed by atoms with Crippen LogP contribution in [0.2, 0.25) is 0 Å². The average molecular weight is 238 g/mol. The van der Waals surface area contributed by atoms with Crippen molar-refractivity contribution in [3.8, 4) is 0 Å². The summed E-state index contributed by atoms with van der Waals surface area (Å²) in [5.74, 6) is 0.146. The number of hydrogen-bond donors (Lipinski definition) is 0. The molecule has 2 aromatic heterocycles. The predicted molar refractivity (Wildman–Crippen MR) is 66.4 cm³/mol. The number of hydrogen-bond acceptors (Lipinski definition) is 4. The third-order valence-electron chi connectivity index (χ3n) is 2.81. The SMILES string of the molecule is Cc1cccc2cc(C(=O)c3ccnnc3)oc12. The zero-order valence-corrected chi connectivity index (χ0v) is 9.75. The predicted octanol–water partition coefficient (Wildman–Crippen LogP) is 2.76. The first-order valence-electron chi connectivity index (χ1n) is 5.56. The first-order chi connectivity index (χ1) is 8.75. The van der Waals surface area contributed by atoms with Crippen molar-refractivity contribution in [3.05, 3.63) is 59.6 Å². The second kappa shape index (κ2) is 4.07. The molecule has 0 aliphatic heterocycles. The molecule has 18 heavy (non-hydrogen) atoms. The standard InChI is InChI=1S/C14H10N2O2/c1-9-3-2-4-10-7-12(18-14(9)10)13(17)11-5-6-15-16-8-11/h2-8H,1H3. The van der Waals surface area contributed by atoms with Crippen LogP contribution in [0.15, 0.2) is 47.1 Å². The van der Waals surface area contributed by atoms with Crippen LogP contribution in [0.1, 0.15) is 21.7 Å². The topological polar surface area (TPSA) is 56.0 Å². The molecule has 0 N–H and O–H groups in total. The lowest BCUT2D eigenvalue weighted by Crippen LogP contribution is -2.00. The van der Waals surface area contributed by atoms with Crippen LogP contribution in [-0.4, -0.2) is 16.0 Å². The van der Waals surface area contributed by atoms with Gasteiger partial charge in [0.05, 0.1) is 12.4 Å². The monoisotopic (exact) mass is 238 g/mol. The highest BCUT2D eigenvalue weighted by Gasteiger charge is 2.15. The lowest BCUT2D eigenvalue weighted by atomic mass is 10.1. The second-order valence-electron chi connectivity index (χ2n) is 4.06. The first-order valence-corrected chi connectivity index (χ1v) is 5.56. The Labute approximate surface area is 103 Å². The molecule has 0 amide bonds. The molecule has 0 unspecified atom stereocenters. The van der Waals surface area contributed by atoms with E-state index >= 15 is 0 Å². The first kappa shape index (κ1) is 10.7. The Morgan fingerprint density at radius 3 is 2.83 bits per heavy atom. The summed E-state index contributed by atoms with van der Waals surface area (Å²) in [4.78, 5) is 12.2. The van der Waals surface area contributed by atoms with Gasteiger partial charge in [0.25, 0.3) is 0 Å². The molecular formula is C14H10N2O2. The van der Waals surface area contributed by atoms with Crippen molar-refractivity contribution in [1.82, 2.24) is 10.2 Å². The molecule has 2 heterocycles. The van der Waals surface area contributed by atoms with Gasteiger partial charge in [-0.1, -0.05) is 18.2 Å². The normalized spacial score (nSPS) is 10.7. The number of ketones is 1. The van der Waals surface area contributed by atoms with Crippen LogP contribution in [0.5, 0.6) is 0 Å². The Hall–Kier alpha value is -2.49. The molecule has 0 aliphatic rings. The summed E-state index contributed by atoms with van der Waals surface area (Å²) in [6.07, 6.45) is 2.92.